The average molecular weight is 289 g/mol. The lowest BCUT2D eigenvalue weighted by atomic mass is 10.3. The van der Waals surface area contributed by atoms with E-state index in [1.165, 1.54) is 0 Å². The summed E-state index contributed by atoms with van der Waals surface area (Å²) < 4.78 is 7.44. The van der Waals surface area contributed by atoms with Crippen LogP contribution in [0.1, 0.15) is 0 Å². The van der Waals surface area contributed by atoms with Crippen molar-refractivity contribution in [3.05, 3.63) is 53.9 Å². The number of hydrogen-bond acceptors (Lipinski definition) is 4. The van der Waals surface area contributed by atoms with Crippen LogP contribution < -0.4 is 10.1 Å². The van der Waals surface area contributed by atoms with Crippen molar-refractivity contribution < 1.29 is 4.74 Å². The van der Waals surface area contributed by atoms with Crippen molar-refractivity contribution in [3.8, 4) is 5.75 Å². The molecule has 20 heavy (non-hydrogen) atoms. The third-order valence-corrected chi connectivity index (χ3v) is 3.08. The molecule has 5 nitrogen and oxygen atoms in total. The molecule has 0 aliphatic rings. The maximum Gasteiger partial charge on any atom is 0.235 e. The van der Waals surface area contributed by atoms with Crippen molar-refractivity contribution in [2.75, 3.05) is 18.5 Å². The van der Waals surface area contributed by atoms with Crippen LogP contribution in [0.25, 0.3) is 5.78 Å². The highest BCUT2D eigenvalue weighted by Gasteiger charge is 2.00. The van der Waals surface area contributed by atoms with E-state index in [1.807, 2.05) is 41.1 Å². The fourth-order valence-electron chi connectivity index (χ4n) is 1.80. The molecule has 0 radical (unpaired) electrons. The average Bonchev–Trinajstić information content (AvgIpc) is 2.93. The summed E-state index contributed by atoms with van der Waals surface area (Å²) in [6.45, 7) is 1.14. The van der Waals surface area contributed by atoms with Gasteiger partial charge in [-0.25, -0.2) is 4.98 Å². The Balaban J connectivity index is 1.53. The number of fused-ring (bicyclic) bond motifs is 1. The number of imidazole rings is 1. The van der Waals surface area contributed by atoms with Crippen LogP contribution in [-0.2, 0) is 0 Å². The van der Waals surface area contributed by atoms with E-state index < -0.39 is 0 Å². The summed E-state index contributed by atoms with van der Waals surface area (Å²) in [6, 6.07) is 9.30. The molecule has 6 heteroatoms. The van der Waals surface area contributed by atoms with Crippen LogP contribution in [0.3, 0.4) is 0 Å². The Bertz CT molecular complexity index is 713. The van der Waals surface area contributed by atoms with Gasteiger partial charge in [0.2, 0.25) is 5.78 Å². The number of benzene rings is 1. The number of anilines is 1. The molecule has 0 saturated carbocycles. The normalized spacial score (nSPS) is 10.7. The highest BCUT2D eigenvalue weighted by atomic mass is 35.5. The first-order valence-electron chi connectivity index (χ1n) is 6.24. The van der Waals surface area contributed by atoms with Crippen LogP contribution in [-0.4, -0.2) is 27.5 Å². The van der Waals surface area contributed by atoms with Crippen molar-refractivity contribution in [1.82, 2.24) is 14.4 Å². The molecule has 3 rings (SSSR count). The first-order valence-corrected chi connectivity index (χ1v) is 6.62. The van der Waals surface area contributed by atoms with Gasteiger partial charge in [-0.15, -0.1) is 0 Å². The molecule has 2 aromatic heterocycles. The van der Waals surface area contributed by atoms with Gasteiger partial charge in [0, 0.05) is 18.6 Å². The lowest BCUT2D eigenvalue weighted by molar-refractivity contribution is 0.333. The van der Waals surface area contributed by atoms with Gasteiger partial charge in [0.1, 0.15) is 18.2 Å². The minimum absolute atomic E-state index is 0.505. The van der Waals surface area contributed by atoms with E-state index in [0.717, 1.165) is 5.82 Å². The summed E-state index contributed by atoms with van der Waals surface area (Å²) >= 11 is 6.00. The molecule has 102 valence electrons. The highest BCUT2D eigenvalue weighted by Crippen LogP contribution is 2.22. The fourth-order valence-corrected chi connectivity index (χ4v) is 1.99. The minimum Gasteiger partial charge on any atom is -0.490 e. The number of para-hydroxylation sites is 1. The topological polar surface area (TPSA) is 51.5 Å². The van der Waals surface area contributed by atoms with Crippen molar-refractivity contribution in [2.24, 2.45) is 0 Å². The molecule has 0 aliphatic carbocycles. The molecule has 3 aromatic rings. The molecule has 0 unspecified atom stereocenters. The van der Waals surface area contributed by atoms with Crippen LogP contribution in [0.5, 0.6) is 5.75 Å². The second-order valence-corrected chi connectivity index (χ2v) is 4.56. The summed E-state index contributed by atoms with van der Waals surface area (Å²) in [5.41, 5.74) is 0. The Morgan fingerprint density at radius 2 is 2.10 bits per heavy atom. The van der Waals surface area contributed by atoms with Gasteiger partial charge < -0.3 is 10.1 Å². The van der Waals surface area contributed by atoms with Gasteiger partial charge in [-0.1, -0.05) is 23.7 Å². The minimum atomic E-state index is 0.505. The first-order chi connectivity index (χ1) is 9.83. The number of rotatable bonds is 5. The Kier molecular flexibility index (Phi) is 3.69. The van der Waals surface area contributed by atoms with Crippen LogP contribution in [0, 0.1) is 0 Å². The lowest BCUT2D eigenvalue weighted by Crippen LogP contribution is -2.12. The van der Waals surface area contributed by atoms with Crippen molar-refractivity contribution in [1.29, 1.82) is 0 Å². The van der Waals surface area contributed by atoms with Crippen LogP contribution in [0.15, 0.2) is 48.9 Å². The highest BCUT2D eigenvalue weighted by molar-refractivity contribution is 6.32. The smallest absolute Gasteiger partial charge is 0.235 e. The van der Waals surface area contributed by atoms with Gasteiger partial charge in [-0.3, -0.25) is 4.40 Å². The molecule has 2 heterocycles. The van der Waals surface area contributed by atoms with Crippen LogP contribution in [0.4, 0.5) is 5.82 Å². The monoisotopic (exact) mass is 288 g/mol. The number of halogens is 1. The first kappa shape index (κ1) is 12.7. The van der Waals surface area contributed by atoms with E-state index in [1.54, 1.807) is 12.3 Å². The molecule has 0 aliphatic heterocycles. The van der Waals surface area contributed by atoms with Gasteiger partial charge in [-0.2, -0.15) is 4.98 Å². The molecule has 0 fully saturated rings. The number of nitrogens with zero attached hydrogens (tertiary/aromatic N) is 3. The van der Waals surface area contributed by atoms with Crippen molar-refractivity contribution in [3.63, 3.8) is 0 Å². The van der Waals surface area contributed by atoms with E-state index in [9.17, 15) is 0 Å². The molecule has 0 bridgehead atoms. The molecular weight excluding hydrogens is 276 g/mol. The molecular formula is C14H13ClN4O. The molecule has 0 atom stereocenters. The van der Waals surface area contributed by atoms with Crippen LogP contribution in [0.2, 0.25) is 5.02 Å². The second kappa shape index (κ2) is 5.79. The zero-order chi connectivity index (χ0) is 13.8. The lowest BCUT2D eigenvalue weighted by Gasteiger charge is -2.09. The van der Waals surface area contributed by atoms with Gasteiger partial charge in [0.15, 0.2) is 0 Å². The Labute approximate surface area is 121 Å². The van der Waals surface area contributed by atoms with Gasteiger partial charge >= 0.3 is 0 Å². The van der Waals surface area contributed by atoms with E-state index in [0.29, 0.717) is 29.7 Å². The summed E-state index contributed by atoms with van der Waals surface area (Å²) in [5, 5.41) is 3.80. The Morgan fingerprint density at radius 1 is 1.20 bits per heavy atom. The fraction of sp³-hybridized carbons (Fsp3) is 0.143. The van der Waals surface area contributed by atoms with E-state index >= 15 is 0 Å². The van der Waals surface area contributed by atoms with E-state index in [4.69, 9.17) is 16.3 Å². The third-order valence-electron chi connectivity index (χ3n) is 2.76. The largest absolute Gasteiger partial charge is 0.490 e. The van der Waals surface area contributed by atoms with E-state index in [-0.39, 0.29) is 0 Å². The molecule has 0 spiro atoms. The molecule has 0 amide bonds. The Morgan fingerprint density at radius 3 is 3.00 bits per heavy atom. The summed E-state index contributed by atoms with van der Waals surface area (Å²) in [5.74, 6) is 2.13. The second-order valence-electron chi connectivity index (χ2n) is 4.15. The standard InChI is InChI=1S/C14H13ClN4O/c15-11-3-1-2-4-12(11)20-10-7-16-13-5-8-19-9-6-17-14(19)18-13/h1-6,8-9H,7,10H2,(H,16,17,18). The zero-order valence-corrected chi connectivity index (χ0v) is 11.4. The van der Waals surface area contributed by atoms with E-state index in [2.05, 4.69) is 15.3 Å². The third kappa shape index (κ3) is 2.83. The quantitative estimate of drug-likeness (QED) is 0.734. The molecule has 1 aromatic carbocycles. The summed E-state index contributed by atoms with van der Waals surface area (Å²) in [6.07, 6.45) is 5.48. The Hall–Kier alpha value is -2.27. The van der Waals surface area contributed by atoms with Crippen LogP contribution >= 0.6 is 11.6 Å². The number of ether oxygens (including phenoxy) is 1. The number of aromatic nitrogens is 3. The zero-order valence-electron chi connectivity index (χ0n) is 10.7. The van der Waals surface area contributed by atoms with Gasteiger partial charge in [-0.05, 0) is 18.2 Å². The molecule has 1 N–H and O–H groups in total. The van der Waals surface area contributed by atoms with Gasteiger partial charge in [0.25, 0.3) is 0 Å². The predicted octanol–water partition coefficient (Wildman–Crippen LogP) is 2.87. The number of nitrogens with one attached hydrogen (secondary N) is 1. The van der Waals surface area contributed by atoms with Gasteiger partial charge in [0.05, 0.1) is 11.6 Å². The predicted molar refractivity (Wildman–Crippen MR) is 78.4 cm³/mol. The maximum absolute atomic E-state index is 6.00. The summed E-state index contributed by atoms with van der Waals surface area (Å²) in [7, 11) is 0. The molecule has 0 saturated heterocycles. The SMILES string of the molecule is Clc1ccccc1OCCNc1ccn2ccnc2n1. The summed E-state index contributed by atoms with van der Waals surface area (Å²) in [4.78, 5) is 8.49. The van der Waals surface area contributed by atoms with Crippen molar-refractivity contribution in [2.45, 2.75) is 0 Å². The number of hydrogen-bond donors (Lipinski definition) is 1. The maximum atomic E-state index is 6.00. The van der Waals surface area contributed by atoms with Crippen molar-refractivity contribution >= 4 is 23.2 Å².